The minimum atomic E-state index is -0.621. The lowest BCUT2D eigenvalue weighted by atomic mass is 9.66. The first-order chi connectivity index (χ1) is 32.5. The SMILES string of the molecule is CC1(C)c2ccccc2-c2ccc(N(c3ccc(-c4cc5ccccc5c5ccccc45)cc3)c3ccc4c(c3)C3(c5ccccc5Oc5ccccc53)c3ccc5ccccc5c3-4)cc21. The van der Waals surface area contributed by atoms with Crippen LogP contribution in [0.2, 0.25) is 0 Å². The molecular weight excluding hydrogens is 799 g/mol. The van der Waals surface area contributed by atoms with Gasteiger partial charge in [0.1, 0.15) is 11.5 Å². The van der Waals surface area contributed by atoms with Gasteiger partial charge in [0, 0.05) is 33.6 Å². The molecule has 310 valence electrons. The zero-order valence-corrected chi connectivity index (χ0v) is 36.7. The summed E-state index contributed by atoms with van der Waals surface area (Å²) in [5, 5.41) is 7.55. The molecule has 11 aromatic carbocycles. The van der Waals surface area contributed by atoms with Gasteiger partial charge in [-0.25, -0.2) is 0 Å². The first-order valence-corrected chi connectivity index (χ1v) is 23.1. The highest BCUT2D eigenvalue weighted by molar-refractivity contribution is 6.14. The Balaban J connectivity index is 1.02. The summed E-state index contributed by atoms with van der Waals surface area (Å²) in [7, 11) is 0. The summed E-state index contributed by atoms with van der Waals surface area (Å²) in [6.07, 6.45) is 0. The second-order valence-corrected chi connectivity index (χ2v) is 18.8. The van der Waals surface area contributed by atoms with Crippen molar-refractivity contribution in [3.63, 3.8) is 0 Å². The zero-order chi connectivity index (χ0) is 43.7. The van der Waals surface area contributed by atoms with Gasteiger partial charge in [0.15, 0.2) is 0 Å². The van der Waals surface area contributed by atoms with Crippen LogP contribution in [0.25, 0.3) is 65.7 Å². The summed E-state index contributed by atoms with van der Waals surface area (Å²) < 4.78 is 6.77. The maximum Gasteiger partial charge on any atom is 0.132 e. The van der Waals surface area contributed by atoms with Crippen LogP contribution in [-0.2, 0) is 10.8 Å². The number of para-hydroxylation sites is 2. The summed E-state index contributed by atoms with van der Waals surface area (Å²) in [6.45, 7) is 4.74. The van der Waals surface area contributed by atoms with Crippen molar-refractivity contribution in [2.24, 2.45) is 0 Å². The second kappa shape index (κ2) is 13.7. The van der Waals surface area contributed by atoms with Crippen molar-refractivity contribution in [2.75, 3.05) is 4.90 Å². The number of anilines is 3. The molecule has 66 heavy (non-hydrogen) atoms. The molecule has 0 amide bonds. The van der Waals surface area contributed by atoms with Gasteiger partial charge in [-0.2, -0.15) is 0 Å². The molecule has 2 aliphatic carbocycles. The van der Waals surface area contributed by atoms with Gasteiger partial charge in [-0.1, -0.05) is 184 Å². The van der Waals surface area contributed by atoms with Crippen LogP contribution >= 0.6 is 0 Å². The van der Waals surface area contributed by atoms with Crippen molar-refractivity contribution in [3.8, 4) is 44.9 Å². The molecule has 3 aliphatic rings. The predicted octanol–water partition coefficient (Wildman–Crippen LogP) is 17.1. The molecule has 14 rings (SSSR count). The summed E-state index contributed by atoms with van der Waals surface area (Å²) in [5.41, 5.74) is 17.7. The molecule has 0 unspecified atom stereocenters. The van der Waals surface area contributed by atoms with E-state index < -0.39 is 5.41 Å². The standard InChI is InChI=1S/C64H43NO/c1-63(2)54-22-10-9-21-50(54)51-34-32-44(38-58(51)63)65(43-30-27-41(28-31-43)53-37-42-16-4-5-17-46(42)48-19-7-8-20-49(48)53)45-33-35-52-59(39-45)64(57-36-29-40-15-3-6-18-47(40)62(52)57)55-23-11-13-25-60(55)66-61-26-14-12-24-56(61)64/h3-39H,1-2H3. The van der Waals surface area contributed by atoms with Crippen molar-refractivity contribution in [3.05, 3.63) is 258 Å². The van der Waals surface area contributed by atoms with Gasteiger partial charge in [-0.05, 0) is 143 Å². The zero-order valence-electron chi connectivity index (χ0n) is 36.7. The number of hydrogen-bond acceptors (Lipinski definition) is 2. The Morgan fingerprint density at radius 3 is 1.62 bits per heavy atom. The smallest absolute Gasteiger partial charge is 0.132 e. The third kappa shape index (κ3) is 5.01. The second-order valence-electron chi connectivity index (χ2n) is 18.8. The molecule has 0 atom stereocenters. The first-order valence-electron chi connectivity index (χ1n) is 23.1. The van der Waals surface area contributed by atoms with Crippen LogP contribution in [-0.4, -0.2) is 0 Å². The van der Waals surface area contributed by atoms with Crippen LogP contribution in [0.4, 0.5) is 17.1 Å². The Morgan fingerprint density at radius 1 is 0.333 bits per heavy atom. The lowest BCUT2D eigenvalue weighted by Gasteiger charge is -2.39. The van der Waals surface area contributed by atoms with E-state index in [1.165, 1.54) is 88.0 Å². The Morgan fingerprint density at radius 2 is 0.879 bits per heavy atom. The summed E-state index contributed by atoms with van der Waals surface area (Å²) in [6, 6.07) is 83.3. The predicted molar refractivity (Wildman–Crippen MR) is 274 cm³/mol. The summed E-state index contributed by atoms with van der Waals surface area (Å²) in [4.78, 5) is 2.48. The summed E-state index contributed by atoms with van der Waals surface area (Å²) >= 11 is 0. The third-order valence-corrected chi connectivity index (χ3v) is 15.1. The molecular formula is C64H43NO. The van der Waals surface area contributed by atoms with Gasteiger partial charge in [-0.15, -0.1) is 0 Å². The monoisotopic (exact) mass is 841 g/mol. The fourth-order valence-corrected chi connectivity index (χ4v) is 12.2. The highest BCUT2D eigenvalue weighted by atomic mass is 16.5. The van der Waals surface area contributed by atoms with E-state index in [2.05, 4.69) is 243 Å². The van der Waals surface area contributed by atoms with E-state index >= 15 is 0 Å². The van der Waals surface area contributed by atoms with Crippen LogP contribution in [0.3, 0.4) is 0 Å². The quantitative estimate of drug-likeness (QED) is 0.164. The highest BCUT2D eigenvalue weighted by Crippen LogP contribution is 2.64. The van der Waals surface area contributed by atoms with Crippen molar-refractivity contribution in [2.45, 2.75) is 24.7 Å². The van der Waals surface area contributed by atoms with Crippen LogP contribution in [0, 0.1) is 0 Å². The van der Waals surface area contributed by atoms with Crippen molar-refractivity contribution < 1.29 is 4.74 Å². The molecule has 11 aromatic rings. The Kier molecular flexibility index (Phi) is 7.70. The molecule has 1 heterocycles. The molecule has 2 nitrogen and oxygen atoms in total. The number of fused-ring (bicyclic) bond motifs is 17. The molecule has 0 fully saturated rings. The van der Waals surface area contributed by atoms with Gasteiger partial charge in [-0.3, -0.25) is 0 Å². The van der Waals surface area contributed by atoms with Gasteiger partial charge >= 0.3 is 0 Å². The van der Waals surface area contributed by atoms with E-state index in [9.17, 15) is 0 Å². The molecule has 0 N–H and O–H groups in total. The molecule has 1 aliphatic heterocycles. The van der Waals surface area contributed by atoms with Crippen LogP contribution in [0.15, 0.2) is 224 Å². The van der Waals surface area contributed by atoms with Crippen molar-refractivity contribution in [1.29, 1.82) is 0 Å². The van der Waals surface area contributed by atoms with E-state index in [-0.39, 0.29) is 5.41 Å². The molecule has 0 aromatic heterocycles. The fourth-order valence-electron chi connectivity index (χ4n) is 12.2. The lowest BCUT2D eigenvalue weighted by Crippen LogP contribution is -2.32. The average Bonchev–Trinajstić information content (AvgIpc) is 3.79. The largest absolute Gasteiger partial charge is 0.457 e. The highest BCUT2D eigenvalue weighted by Gasteiger charge is 2.51. The van der Waals surface area contributed by atoms with E-state index in [0.29, 0.717) is 0 Å². The van der Waals surface area contributed by atoms with E-state index in [1.807, 2.05) is 0 Å². The minimum absolute atomic E-state index is 0.158. The van der Waals surface area contributed by atoms with Crippen molar-refractivity contribution in [1.82, 2.24) is 0 Å². The average molecular weight is 842 g/mol. The van der Waals surface area contributed by atoms with E-state index in [0.717, 1.165) is 39.7 Å². The first kappa shape index (κ1) is 37.2. The molecule has 0 bridgehead atoms. The lowest BCUT2D eigenvalue weighted by molar-refractivity contribution is 0.436. The van der Waals surface area contributed by atoms with Crippen molar-refractivity contribution >= 4 is 49.4 Å². The number of rotatable bonds is 4. The van der Waals surface area contributed by atoms with E-state index in [1.54, 1.807) is 0 Å². The minimum Gasteiger partial charge on any atom is -0.457 e. The van der Waals surface area contributed by atoms with Gasteiger partial charge in [0.2, 0.25) is 0 Å². The third-order valence-electron chi connectivity index (χ3n) is 15.1. The molecule has 1 spiro atoms. The van der Waals surface area contributed by atoms with Crippen LogP contribution < -0.4 is 9.64 Å². The van der Waals surface area contributed by atoms with Crippen LogP contribution in [0.1, 0.15) is 47.2 Å². The van der Waals surface area contributed by atoms with Gasteiger partial charge in [0.05, 0.1) is 5.41 Å². The molecule has 0 saturated carbocycles. The maximum atomic E-state index is 6.77. The fraction of sp³-hybridized carbons (Fsp3) is 0.0625. The molecule has 0 radical (unpaired) electrons. The number of hydrogen-bond donors (Lipinski definition) is 0. The van der Waals surface area contributed by atoms with E-state index in [4.69, 9.17) is 4.74 Å². The Hall–Kier alpha value is -8.20. The molecule has 0 saturated heterocycles. The molecule has 2 heteroatoms. The van der Waals surface area contributed by atoms with Crippen LogP contribution in [0.5, 0.6) is 11.5 Å². The number of ether oxygens (including phenoxy) is 1. The van der Waals surface area contributed by atoms with Gasteiger partial charge < -0.3 is 9.64 Å². The topological polar surface area (TPSA) is 12.5 Å². The Bertz CT molecular complexity index is 3790. The number of nitrogens with zero attached hydrogens (tertiary/aromatic N) is 1. The van der Waals surface area contributed by atoms with Gasteiger partial charge in [0.25, 0.3) is 0 Å². The number of benzene rings is 11. The maximum absolute atomic E-state index is 6.77. The Labute approximate surface area is 384 Å². The normalized spacial score (nSPS) is 14.3. The summed E-state index contributed by atoms with van der Waals surface area (Å²) in [5.74, 6) is 1.78.